The number of hydrogen-bond acceptors (Lipinski definition) is 4. The van der Waals surface area contributed by atoms with Crippen molar-refractivity contribution in [2.75, 3.05) is 25.0 Å². The largest absolute Gasteiger partial charge is 0.396 e. The van der Waals surface area contributed by atoms with E-state index in [4.69, 9.17) is 5.11 Å². The van der Waals surface area contributed by atoms with Crippen LogP contribution in [-0.2, 0) is 0 Å². The number of nitrogens with one attached hydrogen (secondary N) is 1. The third kappa shape index (κ3) is 5.33. The third-order valence-electron chi connectivity index (χ3n) is 3.47. The van der Waals surface area contributed by atoms with E-state index < -0.39 is 0 Å². The maximum Gasteiger partial charge on any atom is 0.321 e. The van der Waals surface area contributed by atoms with E-state index >= 15 is 0 Å². The lowest BCUT2D eigenvalue weighted by atomic mass is 10.2. The van der Waals surface area contributed by atoms with Crippen LogP contribution in [0.2, 0.25) is 0 Å². The number of urea groups is 1. The molecular weight excluding hydrogens is 310 g/mol. The summed E-state index contributed by atoms with van der Waals surface area (Å²) in [4.78, 5) is 18.4. The second-order valence-electron chi connectivity index (χ2n) is 5.26. The summed E-state index contributed by atoms with van der Waals surface area (Å²) in [6.45, 7) is 3.47. The Balaban J connectivity index is 1.96. The van der Waals surface area contributed by atoms with Crippen LogP contribution >= 0.6 is 11.3 Å². The summed E-state index contributed by atoms with van der Waals surface area (Å²) in [5.74, 6) is 0. The molecule has 6 heteroatoms. The average molecular weight is 333 g/mol. The summed E-state index contributed by atoms with van der Waals surface area (Å²) in [7, 11) is 0. The number of thiazole rings is 1. The highest BCUT2D eigenvalue weighted by atomic mass is 32.1. The van der Waals surface area contributed by atoms with Gasteiger partial charge in [-0.3, -0.25) is 0 Å². The van der Waals surface area contributed by atoms with Gasteiger partial charge in [-0.1, -0.05) is 13.3 Å². The van der Waals surface area contributed by atoms with E-state index in [1.165, 1.54) is 0 Å². The molecule has 2 aromatic rings. The summed E-state index contributed by atoms with van der Waals surface area (Å²) in [5.41, 5.74) is 1.81. The fourth-order valence-corrected chi connectivity index (χ4v) is 2.83. The number of anilines is 1. The number of aliphatic hydroxyl groups is 1. The Morgan fingerprint density at radius 3 is 2.61 bits per heavy atom. The Hall–Kier alpha value is -1.92. The van der Waals surface area contributed by atoms with Crippen molar-refractivity contribution in [3.8, 4) is 10.6 Å². The number of nitrogens with zero attached hydrogens (tertiary/aromatic N) is 2. The van der Waals surface area contributed by atoms with Crippen molar-refractivity contribution in [1.82, 2.24) is 9.88 Å². The zero-order valence-electron chi connectivity index (χ0n) is 13.4. The third-order valence-corrected chi connectivity index (χ3v) is 4.29. The summed E-state index contributed by atoms with van der Waals surface area (Å²) in [5, 5.41) is 14.8. The van der Waals surface area contributed by atoms with Gasteiger partial charge in [-0.25, -0.2) is 9.78 Å². The molecule has 0 fully saturated rings. The van der Waals surface area contributed by atoms with E-state index in [2.05, 4.69) is 17.2 Å². The van der Waals surface area contributed by atoms with Gasteiger partial charge in [-0.2, -0.15) is 0 Å². The summed E-state index contributed by atoms with van der Waals surface area (Å²) in [6, 6.07) is 7.57. The van der Waals surface area contributed by atoms with E-state index in [9.17, 15) is 4.79 Å². The molecule has 0 saturated carbocycles. The number of benzene rings is 1. The number of carbonyl (C=O) groups is 1. The normalized spacial score (nSPS) is 10.5. The SMILES string of the molecule is CCCCN(CCCO)C(=O)Nc1ccc(-c2nccs2)cc1. The molecule has 0 saturated heterocycles. The Bertz CT molecular complexity index is 576. The molecule has 1 aromatic carbocycles. The zero-order valence-corrected chi connectivity index (χ0v) is 14.2. The van der Waals surface area contributed by atoms with Gasteiger partial charge in [0.2, 0.25) is 0 Å². The van der Waals surface area contributed by atoms with Crippen LogP contribution in [0.4, 0.5) is 10.5 Å². The Morgan fingerprint density at radius 1 is 1.26 bits per heavy atom. The molecule has 2 N–H and O–H groups in total. The minimum Gasteiger partial charge on any atom is -0.396 e. The smallest absolute Gasteiger partial charge is 0.321 e. The Labute approximate surface area is 141 Å². The first kappa shape index (κ1) is 17.4. The molecule has 0 aliphatic carbocycles. The van der Waals surface area contributed by atoms with Crippen molar-refractivity contribution in [2.24, 2.45) is 0 Å². The lowest BCUT2D eigenvalue weighted by Crippen LogP contribution is -2.36. The molecule has 124 valence electrons. The standard InChI is InChI=1S/C17H23N3O2S/c1-2-3-10-20(11-4-12-21)17(22)19-15-7-5-14(6-8-15)16-18-9-13-23-16/h5-9,13,21H,2-4,10-12H2,1H3,(H,19,22). The molecule has 23 heavy (non-hydrogen) atoms. The van der Waals surface area contributed by atoms with E-state index in [0.717, 1.165) is 29.1 Å². The number of unbranched alkanes of at least 4 members (excludes halogenated alkanes) is 1. The number of carbonyl (C=O) groups excluding carboxylic acids is 1. The van der Waals surface area contributed by atoms with Gasteiger partial charge in [0.05, 0.1) is 0 Å². The van der Waals surface area contributed by atoms with E-state index in [0.29, 0.717) is 19.5 Å². The first-order valence-corrected chi connectivity index (χ1v) is 8.79. The van der Waals surface area contributed by atoms with Crippen LogP contribution in [-0.4, -0.2) is 40.7 Å². The van der Waals surface area contributed by atoms with E-state index in [-0.39, 0.29) is 12.6 Å². The highest BCUT2D eigenvalue weighted by Crippen LogP contribution is 2.23. The highest BCUT2D eigenvalue weighted by molar-refractivity contribution is 7.13. The van der Waals surface area contributed by atoms with Crippen LogP contribution in [0.25, 0.3) is 10.6 Å². The van der Waals surface area contributed by atoms with Crippen LogP contribution in [0.5, 0.6) is 0 Å². The molecule has 0 spiro atoms. The van der Waals surface area contributed by atoms with Crippen molar-refractivity contribution < 1.29 is 9.90 Å². The van der Waals surface area contributed by atoms with Crippen LogP contribution in [0.1, 0.15) is 26.2 Å². The van der Waals surface area contributed by atoms with Crippen LogP contribution in [0, 0.1) is 0 Å². The monoisotopic (exact) mass is 333 g/mol. The first-order chi connectivity index (χ1) is 11.2. The average Bonchev–Trinajstić information content (AvgIpc) is 3.10. The maximum absolute atomic E-state index is 12.4. The maximum atomic E-state index is 12.4. The Morgan fingerprint density at radius 2 is 2.00 bits per heavy atom. The molecule has 0 aliphatic heterocycles. The number of aromatic nitrogens is 1. The zero-order chi connectivity index (χ0) is 16.5. The summed E-state index contributed by atoms with van der Waals surface area (Å²) < 4.78 is 0. The van der Waals surface area contributed by atoms with Gasteiger partial charge in [-0.15, -0.1) is 11.3 Å². The van der Waals surface area contributed by atoms with Gasteiger partial charge >= 0.3 is 6.03 Å². The van der Waals surface area contributed by atoms with Crippen LogP contribution in [0.3, 0.4) is 0 Å². The van der Waals surface area contributed by atoms with Gasteiger partial charge in [0, 0.05) is 42.5 Å². The summed E-state index contributed by atoms with van der Waals surface area (Å²) in [6.07, 6.45) is 4.37. The molecule has 1 heterocycles. The van der Waals surface area contributed by atoms with Gasteiger partial charge < -0.3 is 15.3 Å². The molecule has 5 nitrogen and oxygen atoms in total. The van der Waals surface area contributed by atoms with Crippen molar-refractivity contribution in [3.63, 3.8) is 0 Å². The molecule has 0 radical (unpaired) electrons. The number of hydrogen-bond donors (Lipinski definition) is 2. The summed E-state index contributed by atoms with van der Waals surface area (Å²) >= 11 is 1.59. The van der Waals surface area contributed by atoms with Gasteiger partial charge in [0.25, 0.3) is 0 Å². The van der Waals surface area contributed by atoms with E-state index in [1.54, 1.807) is 22.4 Å². The van der Waals surface area contributed by atoms with Crippen LogP contribution in [0.15, 0.2) is 35.8 Å². The second-order valence-corrected chi connectivity index (χ2v) is 6.16. The predicted molar refractivity (Wildman–Crippen MR) is 94.8 cm³/mol. The lowest BCUT2D eigenvalue weighted by molar-refractivity contribution is 0.201. The van der Waals surface area contributed by atoms with Crippen LogP contribution < -0.4 is 5.32 Å². The molecule has 1 aromatic heterocycles. The Kier molecular flexibility index (Phi) is 7.03. The number of aliphatic hydroxyl groups excluding tert-OH is 1. The second kappa shape index (κ2) is 9.27. The minimum atomic E-state index is -0.117. The topological polar surface area (TPSA) is 65.5 Å². The number of rotatable bonds is 8. The lowest BCUT2D eigenvalue weighted by Gasteiger charge is -2.22. The molecule has 2 amide bonds. The van der Waals surface area contributed by atoms with E-state index in [1.807, 2.05) is 29.6 Å². The van der Waals surface area contributed by atoms with Crippen molar-refractivity contribution in [3.05, 3.63) is 35.8 Å². The predicted octanol–water partition coefficient (Wildman–Crippen LogP) is 3.83. The van der Waals surface area contributed by atoms with Crippen molar-refractivity contribution in [2.45, 2.75) is 26.2 Å². The quantitative estimate of drug-likeness (QED) is 0.771. The van der Waals surface area contributed by atoms with Gasteiger partial charge in [0.15, 0.2) is 0 Å². The minimum absolute atomic E-state index is 0.0957. The number of amides is 2. The fourth-order valence-electron chi connectivity index (χ4n) is 2.19. The van der Waals surface area contributed by atoms with Crippen molar-refractivity contribution >= 4 is 23.1 Å². The first-order valence-electron chi connectivity index (χ1n) is 7.91. The molecule has 0 aliphatic rings. The highest BCUT2D eigenvalue weighted by Gasteiger charge is 2.12. The van der Waals surface area contributed by atoms with Crippen molar-refractivity contribution in [1.29, 1.82) is 0 Å². The molecule has 0 bridgehead atoms. The van der Waals surface area contributed by atoms with Gasteiger partial charge in [-0.05, 0) is 37.1 Å². The molecule has 2 rings (SSSR count). The molecule has 0 atom stereocenters. The van der Waals surface area contributed by atoms with Gasteiger partial charge in [0.1, 0.15) is 5.01 Å². The molecule has 0 unspecified atom stereocenters. The fraction of sp³-hybridized carbons (Fsp3) is 0.412. The molecular formula is C17H23N3O2S.